The van der Waals surface area contributed by atoms with Gasteiger partial charge in [0.1, 0.15) is 0 Å². The Morgan fingerprint density at radius 1 is 1.20 bits per heavy atom. The molecule has 1 fully saturated rings. The minimum Gasteiger partial charge on any atom is -0.455 e. The van der Waals surface area contributed by atoms with Crippen molar-refractivity contribution in [3.8, 4) is 0 Å². The lowest BCUT2D eigenvalue weighted by Crippen LogP contribution is -2.35. The van der Waals surface area contributed by atoms with Gasteiger partial charge in [0.25, 0.3) is 0 Å². The van der Waals surface area contributed by atoms with Gasteiger partial charge in [-0.15, -0.1) is 0 Å². The van der Waals surface area contributed by atoms with Crippen molar-refractivity contribution >= 4 is 22.1 Å². The van der Waals surface area contributed by atoms with E-state index in [1.54, 1.807) is 0 Å². The number of carbonyl (C=O) groups excluding carboxylic acids is 2. The monoisotopic (exact) mass is 316 g/mol. The second-order valence-corrected chi connectivity index (χ2v) is 5.91. The van der Waals surface area contributed by atoms with Crippen molar-refractivity contribution < 1.29 is 40.8 Å². The van der Waals surface area contributed by atoms with Crippen LogP contribution in [0.5, 0.6) is 0 Å². The zero-order chi connectivity index (χ0) is 15.4. The number of carbonyl (C=O) groups is 2. The molecule has 20 heavy (non-hydrogen) atoms. The van der Waals surface area contributed by atoms with Gasteiger partial charge < -0.3 is 9.47 Å². The summed E-state index contributed by atoms with van der Waals surface area (Å²) in [6, 6.07) is 0. The highest BCUT2D eigenvalue weighted by atomic mass is 32.2. The Morgan fingerprint density at radius 3 is 2.25 bits per heavy atom. The van der Waals surface area contributed by atoms with Crippen molar-refractivity contribution in [3.63, 3.8) is 0 Å². The number of hydrogen-bond acceptors (Lipinski definition) is 6. The Labute approximate surface area is 114 Å². The maximum absolute atomic E-state index is 12.7. The molecule has 0 heterocycles. The van der Waals surface area contributed by atoms with Gasteiger partial charge in [0.05, 0.1) is 5.92 Å². The average molecular weight is 316 g/mol. The number of ether oxygens (including phenoxy) is 2. The molecular weight excluding hydrogens is 302 g/mol. The molecule has 1 rings (SSSR count). The molecule has 0 atom stereocenters. The van der Waals surface area contributed by atoms with Crippen molar-refractivity contribution in [2.45, 2.75) is 30.9 Å². The van der Waals surface area contributed by atoms with Gasteiger partial charge in [-0.2, -0.15) is 17.2 Å². The van der Waals surface area contributed by atoms with Crippen molar-refractivity contribution in [3.05, 3.63) is 0 Å². The first-order valence-electron chi connectivity index (χ1n) is 5.80. The predicted molar refractivity (Wildman–Crippen MR) is 60.4 cm³/mol. The highest BCUT2D eigenvalue weighted by Gasteiger charge is 2.45. The molecule has 0 radical (unpaired) electrons. The van der Waals surface area contributed by atoms with Crippen molar-refractivity contribution in [1.29, 1.82) is 0 Å². The normalized spacial score (nSPS) is 16.9. The molecule has 0 aliphatic heterocycles. The lowest BCUT2D eigenvalue weighted by Gasteiger charge is -2.13. The first-order chi connectivity index (χ1) is 9.13. The van der Waals surface area contributed by atoms with E-state index in [1.807, 2.05) is 0 Å². The lowest BCUT2D eigenvalue weighted by molar-refractivity contribution is -0.164. The number of alkyl halides is 2. The summed E-state index contributed by atoms with van der Waals surface area (Å²) < 4.78 is 62.6. The van der Waals surface area contributed by atoms with Crippen LogP contribution in [-0.4, -0.2) is 43.4 Å². The molecule has 0 unspecified atom stereocenters. The van der Waals surface area contributed by atoms with Gasteiger partial charge in [0.15, 0.2) is 13.2 Å². The molecule has 10 heteroatoms. The van der Waals surface area contributed by atoms with E-state index >= 15 is 0 Å². The molecule has 0 bridgehead atoms. The summed E-state index contributed by atoms with van der Waals surface area (Å²) in [5, 5.41) is -4.60. The molecule has 0 amide bonds. The van der Waals surface area contributed by atoms with E-state index in [2.05, 4.69) is 9.47 Å². The topological polar surface area (TPSA) is 107 Å². The van der Waals surface area contributed by atoms with Crippen LogP contribution < -0.4 is 0 Å². The van der Waals surface area contributed by atoms with Gasteiger partial charge in [-0.05, 0) is 12.8 Å². The summed E-state index contributed by atoms with van der Waals surface area (Å²) in [5.74, 6) is -2.23. The third-order valence-corrected chi connectivity index (χ3v) is 3.67. The number of halogens is 2. The standard InChI is InChI=1S/C10H14F2O7S/c11-10(12,20(15,16)17)6-19-8(13)5-18-9(14)7-3-1-2-4-7/h7H,1-6H2,(H,15,16,17). The van der Waals surface area contributed by atoms with Crippen LogP contribution >= 0.6 is 0 Å². The van der Waals surface area contributed by atoms with Gasteiger partial charge >= 0.3 is 27.3 Å². The van der Waals surface area contributed by atoms with Crippen molar-refractivity contribution in [2.24, 2.45) is 5.92 Å². The molecule has 116 valence electrons. The van der Waals surface area contributed by atoms with E-state index in [0.717, 1.165) is 12.8 Å². The van der Waals surface area contributed by atoms with Gasteiger partial charge in [0.2, 0.25) is 0 Å². The Morgan fingerprint density at radius 2 is 1.75 bits per heavy atom. The Balaban J connectivity index is 2.32. The van der Waals surface area contributed by atoms with Crippen LogP contribution in [0.1, 0.15) is 25.7 Å². The Hall–Kier alpha value is -1.29. The van der Waals surface area contributed by atoms with Crippen LogP contribution in [0.3, 0.4) is 0 Å². The van der Waals surface area contributed by atoms with Crippen LogP contribution in [0.2, 0.25) is 0 Å². The highest BCUT2D eigenvalue weighted by Crippen LogP contribution is 2.25. The SMILES string of the molecule is O=C(COC(=O)C1CCCC1)OCC(F)(F)S(=O)(=O)O. The summed E-state index contributed by atoms with van der Waals surface area (Å²) in [5.41, 5.74) is 0. The molecular formula is C10H14F2O7S. The van der Waals surface area contributed by atoms with Crippen molar-refractivity contribution in [1.82, 2.24) is 0 Å². The Kier molecular flexibility index (Phi) is 5.40. The van der Waals surface area contributed by atoms with E-state index in [0.29, 0.717) is 12.8 Å². The summed E-state index contributed by atoms with van der Waals surface area (Å²) in [6.45, 7) is -2.72. The fourth-order valence-electron chi connectivity index (χ4n) is 1.69. The Bertz CT molecular complexity index is 468. The first kappa shape index (κ1) is 16.8. The quantitative estimate of drug-likeness (QED) is 0.569. The molecule has 1 N–H and O–H groups in total. The maximum atomic E-state index is 12.7. The average Bonchev–Trinajstić information content (AvgIpc) is 2.85. The predicted octanol–water partition coefficient (Wildman–Crippen LogP) is 0.744. The summed E-state index contributed by atoms with van der Waals surface area (Å²) in [7, 11) is -5.66. The molecule has 0 spiro atoms. The largest absolute Gasteiger partial charge is 0.455 e. The molecule has 0 aromatic heterocycles. The first-order valence-corrected chi connectivity index (χ1v) is 7.24. The summed E-state index contributed by atoms with van der Waals surface area (Å²) in [6.07, 6.45) is 3.05. The number of rotatable bonds is 6. The fourth-order valence-corrected chi connectivity index (χ4v) is 1.90. The highest BCUT2D eigenvalue weighted by molar-refractivity contribution is 7.86. The zero-order valence-corrected chi connectivity index (χ0v) is 11.2. The molecule has 7 nitrogen and oxygen atoms in total. The molecule has 1 aliphatic carbocycles. The summed E-state index contributed by atoms with van der Waals surface area (Å²) >= 11 is 0. The summed E-state index contributed by atoms with van der Waals surface area (Å²) in [4.78, 5) is 22.4. The molecule has 0 saturated heterocycles. The lowest BCUT2D eigenvalue weighted by atomic mass is 10.1. The molecule has 0 aromatic carbocycles. The van der Waals surface area contributed by atoms with E-state index in [1.165, 1.54) is 0 Å². The van der Waals surface area contributed by atoms with Gasteiger partial charge in [0, 0.05) is 0 Å². The fraction of sp³-hybridized carbons (Fsp3) is 0.800. The van der Waals surface area contributed by atoms with E-state index in [9.17, 15) is 26.8 Å². The molecule has 1 saturated carbocycles. The number of hydrogen-bond donors (Lipinski definition) is 1. The molecule has 1 aliphatic rings. The van der Waals surface area contributed by atoms with Crippen LogP contribution in [0.25, 0.3) is 0 Å². The third-order valence-electron chi connectivity index (χ3n) is 2.80. The van der Waals surface area contributed by atoms with E-state index < -0.39 is 40.5 Å². The smallest absolute Gasteiger partial charge is 0.402 e. The van der Waals surface area contributed by atoms with E-state index in [-0.39, 0.29) is 5.92 Å². The van der Waals surface area contributed by atoms with Crippen molar-refractivity contribution in [2.75, 3.05) is 13.2 Å². The molecule has 0 aromatic rings. The van der Waals surface area contributed by atoms with Gasteiger partial charge in [-0.3, -0.25) is 9.35 Å². The van der Waals surface area contributed by atoms with Crippen LogP contribution in [-0.2, 0) is 29.2 Å². The third kappa shape index (κ3) is 4.67. The van der Waals surface area contributed by atoms with Crippen LogP contribution in [0, 0.1) is 5.92 Å². The number of esters is 2. The van der Waals surface area contributed by atoms with E-state index in [4.69, 9.17) is 4.55 Å². The van der Waals surface area contributed by atoms with Gasteiger partial charge in [-0.1, -0.05) is 12.8 Å². The maximum Gasteiger partial charge on any atom is 0.402 e. The van der Waals surface area contributed by atoms with Crippen LogP contribution in [0.4, 0.5) is 8.78 Å². The second kappa shape index (κ2) is 6.44. The minimum atomic E-state index is -5.66. The van der Waals surface area contributed by atoms with Crippen LogP contribution in [0.15, 0.2) is 0 Å². The minimum absolute atomic E-state index is 0.304. The second-order valence-electron chi connectivity index (χ2n) is 4.36. The van der Waals surface area contributed by atoms with Gasteiger partial charge in [-0.25, -0.2) is 4.79 Å². The zero-order valence-electron chi connectivity index (χ0n) is 10.4.